The third-order valence-corrected chi connectivity index (χ3v) is 2.95. The summed E-state index contributed by atoms with van der Waals surface area (Å²) in [4.78, 5) is 10.6. The highest BCUT2D eigenvalue weighted by Crippen LogP contribution is 2.28. The van der Waals surface area contributed by atoms with Crippen LogP contribution in [0.4, 0.5) is 5.69 Å². The molecule has 0 bridgehead atoms. The fraction of sp³-hybridized carbons (Fsp3) is 0.600. The smallest absolute Gasteiger partial charge is 0.310 e. The van der Waals surface area contributed by atoms with Crippen LogP contribution in [0.15, 0.2) is 18.2 Å². The van der Waals surface area contributed by atoms with Gasteiger partial charge in [0.25, 0.3) is 0 Å². The molecule has 0 amide bonds. The van der Waals surface area contributed by atoms with Gasteiger partial charge >= 0.3 is 5.69 Å². The monoisotopic (exact) mass is 296 g/mol. The Morgan fingerprint density at radius 1 is 1.43 bits per heavy atom. The second kappa shape index (κ2) is 7.95. The van der Waals surface area contributed by atoms with Crippen molar-refractivity contribution in [3.05, 3.63) is 33.9 Å². The molecule has 0 atom stereocenters. The Kier molecular flexibility index (Phi) is 6.58. The lowest BCUT2D eigenvalue weighted by Gasteiger charge is -2.17. The van der Waals surface area contributed by atoms with Crippen LogP contribution in [0.3, 0.4) is 0 Å². The van der Waals surface area contributed by atoms with Gasteiger partial charge in [-0.1, -0.05) is 13.0 Å². The summed E-state index contributed by atoms with van der Waals surface area (Å²) in [7, 11) is 0. The number of rotatable bonds is 9. The minimum Gasteiger partial charge on any atom is -0.487 e. The molecule has 6 heteroatoms. The number of nitro groups is 1. The summed E-state index contributed by atoms with van der Waals surface area (Å²) in [5.41, 5.74) is 0.0343. The summed E-state index contributed by atoms with van der Waals surface area (Å²) in [6.45, 7) is 7.20. The summed E-state index contributed by atoms with van der Waals surface area (Å²) in [5, 5.41) is 23.9. The number of hydrogen-bond acceptors (Lipinski definition) is 5. The first-order valence-electron chi connectivity index (χ1n) is 7.16. The van der Waals surface area contributed by atoms with Gasteiger partial charge in [0, 0.05) is 19.0 Å². The van der Waals surface area contributed by atoms with Gasteiger partial charge in [-0.3, -0.25) is 10.1 Å². The lowest BCUT2D eigenvalue weighted by Crippen LogP contribution is -2.22. The van der Waals surface area contributed by atoms with Crippen LogP contribution in [0.5, 0.6) is 5.75 Å². The van der Waals surface area contributed by atoms with E-state index in [9.17, 15) is 15.2 Å². The topological polar surface area (TPSA) is 84.6 Å². The Morgan fingerprint density at radius 3 is 2.71 bits per heavy atom. The molecule has 1 aromatic carbocycles. The highest BCUT2D eigenvalue weighted by Gasteiger charge is 2.18. The van der Waals surface area contributed by atoms with Crippen molar-refractivity contribution in [3.63, 3.8) is 0 Å². The van der Waals surface area contributed by atoms with Crippen molar-refractivity contribution >= 4 is 5.69 Å². The predicted octanol–water partition coefficient (Wildman–Crippen LogP) is 2.63. The van der Waals surface area contributed by atoms with Gasteiger partial charge in [-0.2, -0.15) is 0 Å². The maximum atomic E-state index is 11.0. The first-order valence-corrected chi connectivity index (χ1v) is 7.16. The number of nitro benzene ring substituents is 1. The van der Waals surface area contributed by atoms with Gasteiger partial charge < -0.3 is 15.2 Å². The van der Waals surface area contributed by atoms with Gasteiger partial charge in [0.15, 0.2) is 5.75 Å². The van der Waals surface area contributed by atoms with Gasteiger partial charge in [-0.05, 0) is 38.4 Å². The molecule has 21 heavy (non-hydrogen) atoms. The van der Waals surface area contributed by atoms with Crippen molar-refractivity contribution in [2.75, 3.05) is 13.2 Å². The Morgan fingerprint density at radius 2 is 2.14 bits per heavy atom. The summed E-state index contributed by atoms with van der Waals surface area (Å²) >= 11 is 0. The minimum absolute atomic E-state index is 0.0509. The normalized spacial score (nSPS) is 11.4. The Bertz CT molecular complexity index is 469. The maximum Gasteiger partial charge on any atom is 0.310 e. The molecule has 0 unspecified atom stereocenters. The number of nitrogens with one attached hydrogen (secondary N) is 1. The molecule has 0 fully saturated rings. The lowest BCUT2D eigenvalue weighted by atomic mass is 10.1. The second-order valence-corrected chi connectivity index (χ2v) is 5.65. The van der Waals surface area contributed by atoms with Gasteiger partial charge in [-0.15, -0.1) is 0 Å². The van der Waals surface area contributed by atoms with Crippen LogP contribution < -0.4 is 10.1 Å². The summed E-state index contributed by atoms with van der Waals surface area (Å²) in [5.74, 6) is 0.250. The lowest BCUT2D eigenvalue weighted by molar-refractivity contribution is -0.385. The summed E-state index contributed by atoms with van der Waals surface area (Å²) in [6, 6.07) is 4.87. The van der Waals surface area contributed by atoms with E-state index in [2.05, 4.69) is 12.2 Å². The SMILES string of the molecule is CCCNCc1ccc([N+](=O)[O-])c(OCCC(C)(C)O)c1. The predicted molar refractivity (Wildman–Crippen MR) is 81.5 cm³/mol. The van der Waals surface area contributed by atoms with Gasteiger partial charge in [0.1, 0.15) is 0 Å². The molecule has 0 spiro atoms. The zero-order valence-electron chi connectivity index (χ0n) is 12.9. The molecule has 118 valence electrons. The summed E-state index contributed by atoms with van der Waals surface area (Å²) in [6.07, 6.45) is 1.43. The molecule has 6 nitrogen and oxygen atoms in total. The van der Waals surface area contributed by atoms with Crippen LogP contribution in [0.25, 0.3) is 0 Å². The van der Waals surface area contributed by atoms with E-state index < -0.39 is 10.5 Å². The molecule has 0 aliphatic rings. The van der Waals surface area contributed by atoms with E-state index in [1.807, 2.05) is 0 Å². The molecule has 0 heterocycles. The first kappa shape index (κ1) is 17.4. The molecule has 0 aliphatic heterocycles. The quantitative estimate of drug-likeness (QED) is 0.416. The van der Waals surface area contributed by atoms with E-state index in [4.69, 9.17) is 4.74 Å². The van der Waals surface area contributed by atoms with E-state index in [1.165, 1.54) is 6.07 Å². The van der Waals surface area contributed by atoms with Crippen molar-refractivity contribution < 1.29 is 14.8 Å². The Hall–Kier alpha value is -1.66. The first-order chi connectivity index (χ1) is 9.83. The molecule has 2 N–H and O–H groups in total. The van der Waals surface area contributed by atoms with Crippen molar-refractivity contribution in [1.29, 1.82) is 0 Å². The molecule has 0 radical (unpaired) electrons. The molecule has 1 rings (SSSR count). The molecular weight excluding hydrogens is 272 g/mol. The number of ether oxygens (including phenoxy) is 1. The largest absolute Gasteiger partial charge is 0.487 e. The fourth-order valence-electron chi connectivity index (χ4n) is 1.76. The molecule has 1 aromatic rings. The Labute approximate surface area is 125 Å². The fourth-order valence-corrected chi connectivity index (χ4v) is 1.76. The van der Waals surface area contributed by atoms with E-state index in [0.29, 0.717) is 13.0 Å². The minimum atomic E-state index is -0.852. The van der Waals surface area contributed by atoms with E-state index in [0.717, 1.165) is 18.5 Å². The average molecular weight is 296 g/mol. The third kappa shape index (κ3) is 6.55. The standard InChI is InChI=1S/C15H24N2O4/c1-4-8-16-11-12-5-6-13(17(19)20)14(10-12)21-9-7-15(2,3)18/h5-6,10,16,18H,4,7-9,11H2,1-3H3. The van der Waals surface area contributed by atoms with Crippen molar-refractivity contribution in [2.45, 2.75) is 45.8 Å². The maximum absolute atomic E-state index is 11.0. The highest BCUT2D eigenvalue weighted by molar-refractivity contribution is 5.48. The molecule has 0 aromatic heterocycles. The van der Waals surface area contributed by atoms with Gasteiger partial charge in [0.05, 0.1) is 17.1 Å². The van der Waals surface area contributed by atoms with Crippen LogP contribution in [0.1, 0.15) is 39.2 Å². The number of aliphatic hydroxyl groups is 1. The zero-order valence-corrected chi connectivity index (χ0v) is 12.9. The number of hydrogen-bond donors (Lipinski definition) is 2. The van der Waals surface area contributed by atoms with Crippen LogP contribution in [0.2, 0.25) is 0 Å². The highest BCUT2D eigenvalue weighted by atomic mass is 16.6. The van der Waals surface area contributed by atoms with Gasteiger partial charge in [0.2, 0.25) is 0 Å². The zero-order chi connectivity index (χ0) is 15.9. The van der Waals surface area contributed by atoms with E-state index >= 15 is 0 Å². The molecule has 0 saturated carbocycles. The van der Waals surface area contributed by atoms with Gasteiger partial charge in [-0.25, -0.2) is 0 Å². The molecule has 0 saturated heterocycles. The van der Waals surface area contributed by atoms with Crippen LogP contribution >= 0.6 is 0 Å². The molecular formula is C15H24N2O4. The average Bonchev–Trinajstić information content (AvgIpc) is 2.37. The van der Waals surface area contributed by atoms with E-state index in [-0.39, 0.29) is 18.0 Å². The van der Waals surface area contributed by atoms with Crippen molar-refractivity contribution in [2.24, 2.45) is 0 Å². The van der Waals surface area contributed by atoms with Crippen LogP contribution in [-0.2, 0) is 6.54 Å². The number of nitrogens with zero attached hydrogens (tertiary/aromatic N) is 1. The van der Waals surface area contributed by atoms with Crippen LogP contribution in [0, 0.1) is 10.1 Å². The van der Waals surface area contributed by atoms with Crippen molar-refractivity contribution in [3.8, 4) is 5.75 Å². The Balaban J connectivity index is 2.76. The summed E-state index contributed by atoms with van der Waals surface area (Å²) < 4.78 is 5.49. The second-order valence-electron chi connectivity index (χ2n) is 5.65. The van der Waals surface area contributed by atoms with Crippen molar-refractivity contribution in [1.82, 2.24) is 5.32 Å². The van der Waals surface area contributed by atoms with E-state index in [1.54, 1.807) is 26.0 Å². The van der Waals surface area contributed by atoms with Crippen LogP contribution in [-0.4, -0.2) is 28.8 Å². The third-order valence-electron chi connectivity index (χ3n) is 2.95. The number of benzene rings is 1. The molecule has 0 aliphatic carbocycles.